The Balaban J connectivity index is 3.26. The van der Waals surface area contributed by atoms with E-state index in [2.05, 4.69) is 11.9 Å². The predicted molar refractivity (Wildman–Crippen MR) is 52.9 cm³/mol. The number of hydrogen-bond acceptors (Lipinski definition) is 2. The number of aryl methyl sites for hydroxylation is 1. The maximum absolute atomic E-state index is 11.7. The Labute approximate surface area is 78.4 Å². The van der Waals surface area contributed by atoms with Crippen molar-refractivity contribution in [1.82, 2.24) is 9.55 Å². The van der Waals surface area contributed by atoms with Gasteiger partial charge in [0.2, 0.25) is 0 Å². The molecule has 1 unspecified atom stereocenters. The van der Waals surface area contributed by atoms with E-state index >= 15 is 0 Å². The van der Waals surface area contributed by atoms with Gasteiger partial charge in [-0.05, 0) is 19.3 Å². The highest BCUT2D eigenvalue weighted by molar-refractivity contribution is 5.11. The SMILES string of the molecule is CCC(C)c1cnc(C)n(C)c1=O. The van der Waals surface area contributed by atoms with Gasteiger partial charge >= 0.3 is 0 Å². The quantitative estimate of drug-likeness (QED) is 0.693. The van der Waals surface area contributed by atoms with Crippen molar-refractivity contribution in [2.75, 3.05) is 0 Å². The van der Waals surface area contributed by atoms with Gasteiger partial charge in [-0.25, -0.2) is 4.98 Å². The molecule has 0 radical (unpaired) electrons. The van der Waals surface area contributed by atoms with Gasteiger partial charge in [-0.1, -0.05) is 13.8 Å². The van der Waals surface area contributed by atoms with E-state index in [4.69, 9.17) is 0 Å². The predicted octanol–water partition coefficient (Wildman–Crippen LogP) is 1.60. The summed E-state index contributed by atoms with van der Waals surface area (Å²) in [5.41, 5.74) is 0.900. The molecule has 1 aromatic heterocycles. The van der Waals surface area contributed by atoms with Crippen LogP contribution in [0.4, 0.5) is 0 Å². The highest BCUT2D eigenvalue weighted by atomic mass is 16.1. The second kappa shape index (κ2) is 3.73. The molecule has 1 heterocycles. The lowest BCUT2D eigenvalue weighted by Crippen LogP contribution is -2.25. The second-order valence-corrected chi connectivity index (χ2v) is 3.43. The van der Waals surface area contributed by atoms with Gasteiger partial charge in [0, 0.05) is 18.8 Å². The Morgan fingerprint density at radius 1 is 1.62 bits per heavy atom. The van der Waals surface area contributed by atoms with Gasteiger partial charge in [0.15, 0.2) is 0 Å². The fraction of sp³-hybridized carbons (Fsp3) is 0.600. The lowest BCUT2D eigenvalue weighted by molar-refractivity contribution is 0.677. The molecule has 1 atom stereocenters. The van der Waals surface area contributed by atoms with Crippen molar-refractivity contribution in [2.45, 2.75) is 33.1 Å². The highest BCUT2D eigenvalue weighted by Crippen LogP contribution is 2.13. The van der Waals surface area contributed by atoms with Gasteiger partial charge in [-0.15, -0.1) is 0 Å². The molecular formula is C10H16N2O. The van der Waals surface area contributed by atoms with Crippen molar-refractivity contribution in [2.24, 2.45) is 7.05 Å². The van der Waals surface area contributed by atoms with Gasteiger partial charge in [0.1, 0.15) is 5.82 Å². The molecule has 3 heteroatoms. The molecule has 0 fully saturated rings. The third-order valence-corrected chi connectivity index (χ3v) is 2.57. The topological polar surface area (TPSA) is 34.9 Å². The van der Waals surface area contributed by atoms with Crippen LogP contribution in [0.1, 0.15) is 37.6 Å². The van der Waals surface area contributed by atoms with Gasteiger partial charge in [-0.3, -0.25) is 9.36 Å². The lowest BCUT2D eigenvalue weighted by Gasteiger charge is -2.10. The fourth-order valence-corrected chi connectivity index (χ4v) is 1.20. The molecule has 1 aromatic rings. The van der Waals surface area contributed by atoms with Crippen LogP contribution in [0, 0.1) is 6.92 Å². The van der Waals surface area contributed by atoms with Gasteiger partial charge in [0.05, 0.1) is 0 Å². The van der Waals surface area contributed by atoms with E-state index in [9.17, 15) is 4.79 Å². The summed E-state index contributed by atoms with van der Waals surface area (Å²) in [6.07, 6.45) is 2.67. The van der Waals surface area contributed by atoms with Crippen molar-refractivity contribution < 1.29 is 0 Å². The van der Waals surface area contributed by atoms with Crippen LogP contribution < -0.4 is 5.56 Å². The third-order valence-electron chi connectivity index (χ3n) is 2.57. The Morgan fingerprint density at radius 2 is 2.23 bits per heavy atom. The molecule has 0 saturated carbocycles. The van der Waals surface area contributed by atoms with Gasteiger partial charge < -0.3 is 0 Å². The van der Waals surface area contributed by atoms with Crippen molar-refractivity contribution in [1.29, 1.82) is 0 Å². The normalized spacial score (nSPS) is 12.9. The van der Waals surface area contributed by atoms with E-state index in [1.807, 2.05) is 13.8 Å². The van der Waals surface area contributed by atoms with E-state index in [-0.39, 0.29) is 5.56 Å². The number of nitrogens with zero attached hydrogens (tertiary/aromatic N) is 2. The van der Waals surface area contributed by atoms with Crippen molar-refractivity contribution in [3.63, 3.8) is 0 Å². The summed E-state index contributed by atoms with van der Waals surface area (Å²) in [5, 5.41) is 0. The molecule has 0 amide bonds. The van der Waals surface area contributed by atoms with Crippen molar-refractivity contribution in [3.05, 3.63) is 27.9 Å². The average molecular weight is 180 g/mol. The first-order valence-electron chi connectivity index (χ1n) is 4.60. The molecule has 0 aliphatic carbocycles. The zero-order chi connectivity index (χ0) is 10.0. The van der Waals surface area contributed by atoms with Crippen LogP contribution in [0.2, 0.25) is 0 Å². The van der Waals surface area contributed by atoms with Gasteiger partial charge in [-0.2, -0.15) is 0 Å². The molecule has 0 aromatic carbocycles. The maximum Gasteiger partial charge on any atom is 0.256 e. The largest absolute Gasteiger partial charge is 0.300 e. The molecule has 0 aliphatic heterocycles. The van der Waals surface area contributed by atoms with E-state index in [0.29, 0.717) is 5.92 Å². The van der Waals surface area contributed by atoms with E-state index in [1.54, 1.807) is 17.8 Å². The Bertz CT molecular complexity index is 354. The van der Waals surface area contributed by atoms with Crippen molar-refractivity contribution >= 4 is 0 Å². The Morgan fingerprint density at radius 3 is 2.77 bits per heavy atom. The summed E-state index contributed by atoms with van der Waals surface area (Å²) in [7, 11) is 1.76. The Kier molecular flexibility index (Phi) is 2.86. The minimum atomic E-state index is 0.0850. The second-order valence-electron chi connectivity index (χ2n) is 3.43. The minimum Gasteiger partial charge on any atom is -0.300 e. The molecular weight excluding hydrogens is 164 g/mol. The van der Waals surface area contributed by atoms with Crippen molar-refractivity contribution in [3.8, 4) is 0 Å². The molecule has 0 spiro atoms. The van der Waals surface area contributed by atoms with Gasteiger partial charge in [0.25, 0.3) is 5.56 Å². The first-order chi connectivity index (χ1) is 6.07. The van der Waals surface area contributed by atoms with E-state index < -0.39 is 0 Å². The average Bonchev–Trinajstić information content (AvgIpc) is 2.13. The Hall–Kier alpha value is -1.12. The monoisotopic (exact) mass is 180 g/mol. The molecule has 0 N–H and O–H groups in total. The zero-order valence-electron chi connectivity index (χ0n) is 8.66. The van der Waals surface area contributed by atoms with Crippen LogP contribution in [-0.4, -0.2) is 9.55 Å². The minimum absolute atomic E-state index is 0.0850. The molecule has 72 valence electrons. The van der Waals surface area contributed by atoms with Crippen LogP contribution in [-0.2, 0) is 7.05 Å². The molecule has 1 rings (SSSR count). The maximum atomic E-state index is 11.7. The van der Waals surface area contributed by atoms with E-state index in [1.165, 1.54) is 0 Å². The summed E-state index contributed by atoms with van der Waals surface area (Å²) < 4.78 is 1.60. The number of aromatic nitrogens is 2. The highest BCUT2D eigenvalue weighted by Gasteiger charge is 2.09. The zero-order valence-corrected chi connectivity index (χ0v) is 8.66. The molecule has 0 bridgehead atoms. The third kappa shape index (κ3) is 1.79. The summed E-state index contributed by atoms with van der Waals surface area (Å²) in [5.74, 6) is 1.06. The number of hydrogen-bond donors (Lipinski definition) is 0. The first kappa shape index (κ1) is 9.96. The first-order valence-corrected chi connectivity index (χ1v) is 4.60. The summed E-state index contributed by atoms with van der Waals surface area (Å²) in [4.78, 5) is 15.9. The summed E-state index contributed by atoms with van der Waals surface area (Å²) >= 11 is 0. The van der Waals surface area contributed by atoms with Crippen LogP contribution in [0.5, 0.6) is 0 Å². The van der Waals surface area contributed by atoms with E-state index in [0.717, 1.165) is 17.8 Å². The van der Waals surface area contributed by atoms with Crippen LogP contribution >= 0.6 is 0 Å². The molecule has 3 nitrogen and oxygen atoms in total. The molecule has 13 heavy (non-hydrogen) atoms. The summed E-state index contributed by atoms with van der Waals surface area (Å²) in [6, 6.07) is 0. The van der Waals surface area contributed by atoms with Crippen LogP contribution in [0.15, 0.2) is 11.0 Å². The molecule has 0 aliphatic rings. The summed E-state index contributed by atoms with van der Waals surface area (Å²) in [6.45, 7) is 5.96. The van der Waals surface area contributed by atoms with Crippen LogP contribution in [0.25, 0.3) is 0 Å². The number of rotatable bonds is 2. The standard InChI is InChI=1S/C10H16N2O/c1-5-7(2)9-6-11-8(3)12(4)10(9)13/h6-7H,5H2,1-4H3. The lowest BCUT2D eigenvalue weighted by atomic mass is 10.0. The van der Waals surface area contributed by atoms with Crippen LogP contribution in [0.3, 0.4) is 0 Å². The smallest absolute Gasteiger partial charge is 0.256 e. The fourth-order valence-electron chi connectivity index (χ4n) is 1.20. The molecule has 0 saturated heterocycles.